The summed E-state index contributed by atoms with van der Waals surface area (Å²) in [6.45, 7) is 11.7. The first-order valence-corrected chi connectivity index (χ1v) is 12.0. The van der Waals surface area contributed by atoms with Gasteiger partial charge in [0.25, 0.3) is 0 Å². The molecule has 6 unspecified atom stereocenters. The van der Waals surface area contributed by atoms with Gasteiger partial charge in [0.1, 0.15) is 0 Å². The van der Waals surface area contributed by atoms with E-state index in [1.54, 1.807) is 0 Å². The maximum Gasteiger partial charge on any atom is 0.198 e. The summed E-state index contributed by atoms with van der Waals surface area (Å²) in [4.78, 5) is 25.0. The number of Topliss-reactive ketones (excluding diaryl/α,β-unsaturated/α-hetero) is 2. The van der Waals surface area contributed by atoms with E-state index in [4.69, 9.17) is 9.47 Å². The highest BCUT2D eigenvalue weighted by atomic mass is 16.7. The van der Waals surface area contributed by atoms with Crippen LogP contribution in [-0.2, 0) is 19.1 Å². The predicted molar refractivity (Wildman–Crippen MR) is 110 cm³/mol. The van der Waals surface area contributed by atoms with Crippen molar-refractivity contribution in [2.45, 2.75) is 98.1 Å². The van der Waals surface area contributed by atoms with Crippen molar-refractivity contribution in [1.29, 1.82) is 0 Å². The van der Waals surface area contributed by atoms with Gasteiger partial charge in [-0.1, -0.05) is 34.6 Å². The average Bonchev–Trinajstić information content (AvgIpc) is 3.21. The van der Waals surface area contributed by atoms with Gasteiger partial charge in [0, 0.05) is 24.7 Å². The molecule has 4 nitrogen and oxygen atoms in total. The van der Waals surface area contributed by atoms with Gasteiger partial charge in [-0.2, -0.15) is 0 Å². The first kappa shape index (κ1) is 20.2. The molecule has 10 atom stereocenters. The van der Waals surface area contributed by atoms with Crippen LogP contribution in [0.2, 0.25) is 0 Å². The number of hydrogen-bond donors (Lipinski definition) is 0. The smallest absolute Gasteiger partial charge is 0.198 e. The van der Waals surface area contributed by atoms with E-state index in [1.165, 1.54) is 25.7 Å². The van der Waals surface area contributed by atoms with Gasteiger partial charge in [0.2, 0.25) is 0 Å². The first-order chi connectivity index (χ1) is 13.7. The van der Waals surface area contributed by atoms with Gasteiger partial charge < -0.3 is 9.47 Å². The van der Waals surface area contributed by atoms with Crippen LogP contribution in [0.15, 0.2) is 0 Å². The zero-order chi connectivity index (χ0) is 20.7. The van der Waals surface area contributed by atoms with E-state index in [9.17, 15) is 9.59 Å². The molecule has 0 spiro atoms. The second-order valence-electron chi connectivity index (χ2n) is 11.8. The van der Waals surface area contributed by atoms with Crippen LogP contribution in [-0.4, -0.2) is 30.1 Å². The molecule has 1 aliphatic heterocycles. The van der Waals surface area contributed by atoms with Crippen molar-refractivity contribution in [2.75, 3.05) is 0 Å². The third kappa shape index (κ3) is 2.70. The van der Waals surface area contributed by atoms with Gasteiger partial charge in [-0.05, 0) is 66.6 Å². The molecule has 5 fully saturated rings. The van der Waals surface area contributed by atoms with Crippen LogP contribution in [0.1, 0.15) is 79.6 Å². The normalized spacial score (nSPS) is 54.6. The van der Waals surface area contributed by atoms with Crippen LogP contribution in [0.4, 0.5) is 0 Å². The lowest BCUT2D eigenvalue weighted by atomic mass is 9.45. The van der Waals surface area contributed by atoms with Gasteiger partial charge in [0.15, 0.2) is 17.9 Å². The molecule has 0 radical (unpaired) electrons. The van der Waals surface area contributed by atoms with E-state index >= 15 is 0 Å². The summed E-state index contributed by atoms with van der Waals surface area (Å²) in [6.07, 6.45) is 6.54. The van der Waals surface area contributed by atoms with Crippen LogP contribution >= 0.6 is 0 Å². The fourth-order valence-electron chi connectivity index (χ4n) is 8.34. The molecule has 0 N–H and O–H groups in total. The molecule has 0 aromatic rings. The Labute approximate surface area is 175 Å². The van der Waals surface area contributed by atoms with Gasteiger partial charge >= 0.3 is 0 Å². The molecular formula is C25H38O4. The van der Waals surface area contributed by atoms with Crippen LogP contribution in [0, 0.1) is 46.3 Å². The Bertz CT molecular complexity index is 716. The van der Waals surface area contributed by atoms with Gasteiger partial charge in [-0.3, -0.25) is 9.59 Å². The third-order valence-corrected chi connectivity index (χ3v) is 10.3. The second kappa shape index (κ2) is 6.63. The summed E-state index contributed by atoms with van der Waals surface area (Å²) < 4.78 is 13.2. The predicted octanol–water partition coefficient (Wildman–Crippen LogP) is 4.79. The van der Waals surface area contributed by atoms with Crippen molar-refractivity contribution in [3.63, 3.8) is 0 Å². The summed E-state index contributed by atoms with van der Waals surface area (Å²) in [5, 5.41) is 0. The van der Waals surface area contributed by atoms with E-state index in [2.05, 4.69) is 34.6 Å². The Morgan fingerprint density at radius 3 is 2.28 bits per heavy atom. The summed E-state index contributed by atoms with van der Waals surface area (Å²) in [7, 11) is 0. The molecule has 0 aromatic heterocycles. The van der Waals surface area contributed by atoms with Crippen LogP contribution in [0.5, 0.6) is 0 Å². The largest absolute Gasteiger partial charge is 0.346 e. The Balaban J connectivity index is 1.59. The molecular weight excluding hydrogens is 364 g/mol. The van der Waals surface area contributed by atoms with Gasteiger partial charge in [-0.15, -0.1) is 0 Å². The van der Waals surface area contributed by atoms with Crippen molar-refractivity contribution in [1.82, 2.24) is 0 Å². The highest BCUT2D eigenvalue weighted by molar-refractivity contribution is 6.37. The van der Waals surface area contributed by atoms with E-state index in [1.807, 2.05) is 0 Å². The van der Waals surface area contributed by atoms with Crippen LogP contribution in [0.3, 0.4) is 0 Å². The number of hydrogen-bond acceptors (Lipinski definition) is 4. The molecule has 1 saturated heterocycles. The van der Waals surface area contributed by atoms with Crippen molar-refractivity contribution in [3.05, 3.63) is 0 Å². The van der Waals surface area contributed by atoms with Crippen molar-refractivity contribution in [2.24, 2.45) is 46.3 Å². The molecule has 29 heavy (non-hydrogen) atoms. The lowest BCUT2D eigenvalue weighted by molar-refractivity contribution is -0.169. The van der Waals surface area contributed by atoms with Crippen molar-refractivity contribution >= 4 is 11.6 Å². The number of ether oxygens (including phenoxy) is 2. The molecule has 4 aliphatic carbocycles. The molecule has 5 rings (SSSR count). The molecule has 0 bridgehead atoms. The average molecular weight is 403 g/mol. The molecule has 4 heteroatoms. The minimum atomic E-state index is -0.186. The first-order valence-electron chi connectivity index (χ1n) is 12.0. The second-order valence-corrected chi connectivity index (χ2v) is 11.8. The van der Waals surface area contributed by atoms with E-state index in [-0.39, 0.29) is 41.4 Å². The number of carbonyl (C=O) groups excluding carboxylic acids is 2. The van der Waals surface area contributed by atoms with Gasteiger partial charge in [-0.25, -0.2) is 0 Å². The summed E-state index contributed by atoms with van der Waals surface area (Å²) in [5.41, 5.74) is 0.389. The fourth-order valence-corrected chi connectivity index (χ4v) is 8.34. The van der Waals surface area contributed by atoms with Crippen molar-refractivity contribution < 1.29 is 19.1 Å². The minimum absolute atomic E-state index is 0.00393. The Morgan fingerprint density at radius 1 is 0.862 bits per heavy atom. The van der Waals surface area contributed by atoms with Gasteiger partial charge in [0.05, 0.1) is 12.2 Å². The summed E-state index contributed by atoms with van der Waals surface area (Å²) in [5.74, 6) is 2.53. The minimum Gasteiger partial charge on any atom is -0.346 e. The Kier molecular flexibility index (Phi) is 4.61. The third-order valence-electron chi connectivity index (χ3n) is 10.3. The van der Waals surface area contributed by atoms with E-state index in [0.29, 0.717) is 41.9 Å². The van der Waals surface area contributed by atoms with E-state index in [0.717, 1.165) is 12.3 Å². The fraction of sp³-hybridized carbons (Fsp3) is 0.920. The lowest BCUT2D eigenvalue weighted by Crippen LogP contribution is -2.61. The number of fused-ring (bicyclic) bond motifs is 8. The zero-order valence-corrected chi connectivity index (χ0v) is 18.8. The maximum atomic E-state index is 12.6. The molecule has 5 aliphatic rings. The van der Waals surface area contributed by atoms with Crippen LogP contribution in [0.25, 0.3) is 0 Å². The zero-order valence-electron chi connectivity index (χ0n) is 18.8. The monoisotopic (exact) mass is 402 g/mol. The Morgan fingerprint density at radius 2 is 1.55 bits per heavy atom. The van der Waals surface area contributed by atoms with Crippen molar-refractivity contribution in [3.8, 4) is 0 Å². The SMILES string of the molecule is CC(C)C1O[C@@H]2C3C4CCC(C)[C@@]4(C)CCC3[C@@]3(C)CCC(=O)C(=O)CC3[C@H]2O1. The quantitative estimate of drug-likeness (QED) is 0.592. The van der Waals surface area contributed by atoms with Crippen LogP contribution < -0.4 is 0 Å². The number of rotatable bonds is 1. The highest BCUT2D eigenvalue weighted by Gasteiger charge is 2.67. The molecule has 0 amide bonds. The maximum absolute atomic E-state index is 12.6. The summed E-state index contributed by atoms with van der Waals surface area (Å²) >= 11 is 0. The molecule has 0 aromatic carbocycles. The number of carbonyl (C=O) groups is 2. The molecule has 162 valence electrons. The lowest BCUT2D eigenvalue weighted by Gasteiger charge is -2.61. The highest BCUT2D eigenvalue weighted by Crippen LogP contribution is 2.68. The number of ketones is 2. The molecule has 1 heterocycles. The topological polar surface area (TPSA) is 52.6 Å². The standard InChI is InChI=1S/C25H38O4/c1-13(2)23-28-21-17-12-19(27)18(26)9-11-25(17,5)16-8-10-24(4)14(3)6-7-15(24)20(16)22(21)29-23/h13-17,20-23H,6-12H2,1-5H3/t14?,15?,16?,17?,20?,21-,22-,23?,24-,25-/m1/s1. The molecule has 4 saturated carbocycles. The Hall–Kier alpha value is -0.740. The summed E-state index contributed by atoms with van der Waals surface area (Å²) in [6, 6.07) is 0. The van der Waals surface area contributed by atoms with E-state index < -0.39 is 0 Å².